The summed E-state index contributed by atoms with van der Waals surface area (Å²) < 4.78 is 36.1. The SMILES string of the molecule is COc1ccc(S(=O)(=O)Oc2cccc(-n3cnnn3)c2)cc1. The molecular weight excluding hydrogens is 320 g/mol. The maximum absolute atomic E-state index is 12.3. The molecule has 118 valence electrons. The molecule has 2 aromatic carbocycles. The number of rotatable bonds is 5. The highest BCUT2D eigenvalue weighted by Crippen LogP contribution is 2.22. The number of nitrogens with zero attached hydrogens (tertiary/aromatic N) is 4. The van der Waals surface area contributed by atoms with E-state index in [-0.39, 0.29) is 10.6 Å². The summed E-state index contributed by atoms with van der Waals surface area (Å²) >= 11 is 0. The molecule has 0 atom stereocenters. The van der Waals surface area contributed by atoms with Crippen LogP contribution in [0.1, 0.15) is 0 Å². The number of hydrogen-bond acceptors (Lipinski definition) is 7. The molecule has 3 rings (SSSR count). The van der Waals surface area contributed by atoms with E-state index < -0.39 is 10.1 Å². The smallest absolute Gasteiger partial charge is 0.339 e. The van der Waals surface area contributed by atoms with Crippen molar-refractivity contribution < 1.29 is 17.3 Å². The molecule has 0 aliphatic rings. The Bertz CT molecular complexity index is 893. The lowest BCUT2D eigenvalue weighted by atomic mass is 10.3. The van der Waals surface area contributed by atoms with Gasteiger partial charge in [-0.15, -0.1) is 5.10 Å². The van der Waals surface area contributed by atoms with Gasteiger partial charge in [0.1, 0.15) is 22.7 Å². The molecule has 0 bridgehead atoms. The van der Waals surface area contributed by atoms with Crippen LogP contribution in [0.5, 0.6) is 11.5 Å². The number of ether oxygens (including phenoxy) is 1. The molecule has 1 aromatic heterocycles. The average molecular weight is 332 g/mol. The third-order valence-corrected chi connectivity index (χ3v) is 4.25. The van der Waals surface area contributed by atoms with E-state index in [9.17, 15) is 8.42 Å². The highest BCUT2D eigenvalue weighted by Gasteiger charge is 2.17. The summed E-state index contributed by atoms with van der Waals surface area (Å²) in [7, 11) is -2.44. The molecule has 0 unspecified atom stereocenters. The molecule has 9 heteroatoms. The van der Waals surface area contributed by atoms with Crippen molar-refractivity contribution in [3.8, 4) is 17.2 Å². The van der Waals surface area contributed by atoms with Gasteiger partial charge in [0.25, 0.3) is 0 Å². The summed E-state index contributed by atoms with van der Waals surface area (Å²) in [4.78, 5) is 0.0334. The molecule has 0 saturated heterocycles. The first kappa shape index (κ1) is 15.0. The van der Waals surface area contributed by atoms with Crippen LogP contribution in [0.3, 0.4) is 0 Å². The first-order chi connectivity index (χ1) is 11.1. The Balaban J connectivity index is 1.87. The summed E-state index contributed by atoms with van der Waals surface area (Å²) in [5.74, 6) is 0.721. The zero-order valence-corrected chi connectivity index (χ0v) is 12.8. The molecule has 0 fully saturated rings. The van der Waals surface area contributed by atoms with Crippen molar-refractivity contribution >= 4 is 10.1 Å². The monoisotopic (exact) mass is 332 g/mol. The van der Waals surface area contributed by atoms with Crippen molar-refractivity contribution in [1.82, 2.24) is 20.2 Å². The second kappa shape index (κ2) is 6.05. The highest BCUT2D eigenvalue weighted by molar-refractivity contribution is 7.87. The Morgan fingerprint density at radius 3 is 2.48 bits per heavy atom. The minimum absolute atomic E-state index is 0.0334. The van der Waals surface area contributed by atoms with Crippen LogP contribution in [0, 0.1) is 0 Å². The third kappa shape index (κ3) is 3.29. The van der Waals surface area contributed by atoms with Crippen molar-refractivity contribution in [3.63, 3.8) is 0 Å². The highest BCUT2D eigenvalue weighted by atomic mass is 32.2. The zero-order valence-electron chi connectivity index (χ0n) is 12.0. The van der Waals surface area contributed by atoms with Gasteiger partial charge in [0, 0.05) is 6.07 Å². The van der Waals surface area contributed by atoms with Crippen LogP contribution in [0.15, 0.2) is 59.8 Å². The average Bonchev–Trinajstić information content (AvgIpc) is 3.09. The van der Waals surface area contributed by atoms with E-state index in [1.165, 1.54) is 42.4 Å². The lowest BCUT2D eigenvalue weighted by Gasteiger charge is -2.08. The summed E-state index contributed by atoms with van der Waals surface area (Å²) in [6.07, 6.45) is 1.40. The number of benzene rings is 2. The topological polar surface area (TPSA) is 96.2 Å². The van der Waals surface area contributed by atoms with Crippen LogP contribution < -0.4 is 8.92 Å². The van der Waals surface area contributed by atoms with Gasteiger partial charge < -0.3 is 8.92 Å². The largest absolute Gasteiger partial charge is 0.497 e. The molecule has 0 saturated carbocycles. The van der Waals surface area contributed by atoms with E-state index in [1.807, 2.05) is 0 Å². The number of hydrogen-bond donors (Lipinski definition) is 0. The summed E-state index contributed by atoms with van der Waals surface area (Å²) in [6.45, 7) is 0. The van der Waals surface area contributed by atoms with Crippen LogP contribution >= 0.6 is 0 Å². The second-order valence-corrected chi connectivity index (χ2v) is 6.01. The molecule has 0 aliphatic carbocycles. The fraction of sp³-hybridized carbons (Fsp3) is 0.0714. The Hall–Kier alpha value is -2.94. The van der Waals surface area contributed by atoms with E-state index in [0.29, 0.717) is 11.4 Å². The number of methoxy groups -OCH3 is 1. The normalized spacial score (nSPS) is 11.2. The van der Waals surface area contributed by atoms with E-state index in [0.717, 1.165) is 0 Å². The van der Waals surface area contributed by atoms with Crippen LogP contribution in [0.4, 0.5) is 0 Å². The first-order valence-electron chi connectivity index (χ1n) is 6.50. The fourth-order valence-electron chi connectivity index (χ4n) is 1.87. The molecule has 0 N–H and O–H groups in total. The maximum Gasteiger partial charge on any atom is 0.339 e. The molecule has 0 radical (unpaired) electrons. The molecular formula is C14H12N4O4S. The van der Waals surface area contributed by atoms with E-state index in [4.69, 9.17) is 8.92 Å². The van der Waals surface area contributed by atoms with Gasteiger partial charge in [-0.2, -0.15) is 8.42 Å². The van der Waals surface area contributed by atoms with Gasteiger partial charge in [0.2, 0.25) is 0 Å². The van der Waals surface area contributed by atoms with Gasteiger partial charge in [-0.3, -0.25) is 0 Å². The van der Waals surface area contributed by atoms with Crippen molar-refractivity contribution in [2.24, 2.45) is 0 Å². The van der Waals surface area contributed by atoms with Gasteiger partial charge in [0.05, 0.1) is 12.8 Å². The van der Waals surface area contributed by atoms with Crippen LogP contribution in [0.2, 0.25) is 0 Å². The van der Waals surface area contributed by atoms with Gasteiger partial charge >= 0.3 is 10.1 Å². The molecule has 1 heterocycles. The van der Waals surface area contributed by atoms with Crippen LogP contribution in [-0.4, -0.2) is 35.7 Å². The van der Waals surface area contributed by atoms with Crippen molar-refractivity contribution in [1.29, 1.82) is 0 Å². The Labute approximate surface area is 132 Å². The minimum Gasteiger partial charge on any atom is -0.497 e. The van der Waals surface area contributed by atoms with Gasteiger partial charge in [-0.1, -0.05) is 6.07 Å². The fourth-order valence-corrected chi connectivity index (χ4v) is 2.80. The van der Waals surface area contributed by atoms with Crippen molar-refractivity contribution in [2.45, 2.75) is 4.90 Å². The minimum atomic E-state index is -3.94. The number of tetrazole rings is 1. The lowest BCUT2D eigenvalue weighted by Crippen LogP contribution is -2.10. The molecule has 0 spiro atoms. The molecule has 0 amide bonds. The molecule has 23 heavy (non-hydrogen) atoms. The zero-order chi connectivity index (χ0) is 16.3. The van der Waals surface area contributed by atoms with Crippen molar-refractivity contribution in [3.05, 3.63) is 54.9 Å². The quantitative estimate of drug-likeness (QED) is 0.652. The molecule has 0 aliphatic heterocycles. The molecule has 3 aromatic rings. The first-order valence-corrected chi connectivity index (χ1v) is 7.91. The van der Waals surface area contributed by atoms with Crippen LogP contribution in [0.25, 0.3) is 5.69 Å². The van der Waals surface area contributed by atoms with Gasteiger partial charge in [-0.05, 0) is 46.8 Å². The molecule has 8 nitrogen and oxygen atoms in total. The van der Waals surface area contributed by atoms with Crippen LogP contribution in [-0.2, 0) is 10.1 Å². The third-order valence-electron chi connectivity index (χ3n) is 2.99. The van der Waals surface area contributed by atoms with E-state index in [1.54, 1.807) is 24.3 Å². The standard InChI is InChI=1S/C14H12N4O4S/c1-21-12-5-7-14(8-6-12)23(19,20)22-13-4-2-3-11(9-13)18-10-15-16-17-18/h2-10H,1H3. The number of aromatic nitrogens is 4. The second-order valence-electron chi connectivity index (χ2n) is 4.46. The van der Waals surface area contributed by atoms with Gasteiger partial charge in [0.15, 0.2) is 0 Å². The van der Waals surface area contributed by atoms with Crippen molar-refractivity contribution in [2.75, 3.05) is 7.11 Å². The lowest BCUT2D eigenvalue weighted by molar-refractivity contribution is 0.414. The Morgan fingerprint density at radius 1 is 1.04 bits per heavy atom. The Kier molecular flexibility index (Phi) is 3.94. The van der Waals surface area contributed by atoms with E-state index in [2.05, 4.69) is 15.5 Å². The summed E-state index contributed by atoms with van der Waals surface area (Å²) in [5, 5.41) is 10.8. The predicted molar refractivity (Wildman–Crippen MR) is 80.0 cm³/mol. The maximum atomic E-state index is 12.3. The summed E-state index contributed by atoms with van der Waals surface area (Å²) in [5.41, 5.74) is 0.581. The predicted octanol–water partition coefficient (Wildman–Crippen LogP) is 1.44. The van der Waals surface area contributed by atoms with E-state index >= 15 is 0 Å². The summed E-state index contributed by atoms with van der Waals surface area (Å²) in [6, 6.07) is 12.4. The van der Waals surface area contributed by atoms with Gasteiger partial charge in [-0.25, -0.2) is 4.68 Å². The Morgan fingerprint density at radius 2 is 1.83 bits per heavy atom.